The number of aromatic carboxylic acids is 1. The van der Waals surface area contributed by atoms with Crippen molar-refractivity contribution in [3.63, 3.8) is 0 Å². The topological polar surface area (TPSA) is 128 Å². The van der Waals surface area contributed by atoms with E-state index in [1.165, 1.54) is 42.5 Å². The number of phenols is 1. The summed E-state index contributed by atoms with van der Waals surface area (Å²) in [7, 11) is -3.94. The lowest BCUT2D eigenvalue weighted by atomic mass is 10.1. The highest BCUT2D eigenvalue weighted by molar-refractivity contribution is 7.89. The first kappa shape index (κ1) is 23.9. The number of aromatic hydroxyl groups is 1. The second-order valence-electron chi connectivity index (χ2n) is 6.72. The molecule has 33 heavy (non-hydrogen) atoms. The minimum absolute atomic E-state index is 0.0915. The van der Waals surface area contributed by atoms with Gasteiger partial charge in [-0.3, -0.25) is 0 Å². The van der Waals surface area contributed by atoms with Gasteiger partial charge in [-0.05, 0) is 60.2 Å². The molecule has 0 aliphatic carbocycles. The molecule has 8 nitrogen and oxygen atoms in total. The van der Waals surface area contributed by atoms with E-state index in [0.29, 0.717) is 5.56 Å². The Kier molecular flexibility index (Phi) is 6.79. The number of alkyl halides is 3. The van der Waals surface area contributed by atoms with Gasteiger partial charge in [-0.15, -0.1) is 0 Å². The number of hydrogen-bond donors (Lipinski definition) is 3. The first-order valence-corrected chi connectivity index (χ1v) is 10.7. The Labute approximate surface area is 186 Å². The van der Waals surface area contributed by atoms with E-state index in [0.717, 1.165) is 24.3 Å². The maximum Gasteiger partial charge on any atom is 0.416 e. The van der Waals surface area contributed by atoms with E-state index >= 15 is 0 Å². The first-order chi connectivity index (χ1) is 15.5. The summed E-state index contributed by atoms with van der Waals surface area (Å²) in [6.45, 7) is -0.200. The van der Waals surface area contributed by atoms with E-state index in [2.05, 4.69) is 15.0 Å². The van der Waals surface area contributed by atoms with Gasteiger partial charge >= 0.3 is 12.1 Å². The molecular formula is C21H16F3N3O5S. The van der Waals surface area contributed by atoms with Crippen LogP contribution in [0.5, 0.6) is 5.75 Å². The lowest BCUT2D eigenvalue weighted by molar-refractivity contribution is -0.137. The first-order valence-electron chi connectivity index (χ1n) is 9.19. The van der Waals surface area contributed by atoms with Crippen molar-refractivity contribution in [1.29, 1.82) is 0 Å². The summed E-state index contributed by atoms with van der Waals surface area (Å²) in [5.41, 5.74) is -0.370. The van der Waals surface area contributed by atoms with Crippen molar-refractivity contribution >= 4 is 27.4 Å². The number of nitrogens with zero attached hydrogens (tertiary/aromatic N) is 2. The van der Waals surface area contributed by atoms with Crippen molar-refractivity contribution in [2.75, 3.05) is 0 Å². The van der Waals surface area contributed by atoms with Crippen LogP contribution in [0.1, 0.15) is 21.5 Å². The number of sulfonamides is 1. The average Bonchev–Trinajstić information content (AvgIpc) is 2.77. The largest absolute Gasteiger partial charge is 0.507 e. The molecule has 0 aromatic heterocycles. The maximum atomic E-state index is 12.6. The molecule has 0 saturated carbocycles. The van der Waals surface area contributed by atoms with Gasteiger partial charge in [-0.2, -0.15) is 23.4 Å². The molecule has 172 valence electrons. The number of benzene rings is 3. The van der Waals surface area contributed by atoms with Crippen molar-refractivity contribution in [3.05, 3.63) is 83.4 Å². The number of nitrogens with one attached hydrogen (secondary N) is 1. The summed E-state index contributed by atoms with van der Waals surface area (Å²) in [6.07, 6.45) is -4.47. The summed E-state index contributed by atoms with van der Waals surface area (Å²) in [4.78, 5) is 10.9. The quantitative estimate of drug-likeness (QED) is 0.411. The van der Waals surface area contributed by atoms with Crippen LogP contribution in [-0.2, 0) is 22.7 Å². The van der Waals surface area contributed by atoms with Gasteiger partial charge in [-0.1, -0.05) is 12.1 Å². The summed E-state index contributed by atoms with van der Waals surface area (Å²) < 4.78 is 65.0. The fourth-order valence-electron chi connectivity index (χ4n) is 2.64. The summed E-state index contributed by atoms with van der Waals surface area (Å²) in [5.74, 6) is -1.75. The lowest BCUT2D eigenvalue weighted by Crippen LogP contribution is -2.23. The molecule has 0 heterocycles. The standard InChI is InChI=1S/C21H16F3N3O5S/c22-21(23,24)14-3-1-13(2-4-14)12-25-33(31,32)17-8-5-15(6-9-17)26-27-16-7-10-19(28)18(11-16)20(29)30/h1-11,25,28H,12H2,(H,29,30)/b27-26+. The van der Waals surface area contributed by atoms with Gasteiger partial charge in [-0.25, -0.2) is 17.9 Å². The Morgan fingerprint density at radius 1 is 0.909 bits per heavy atom. The highest BCUT2D eigenvalue weighted by atomic mass is 32.2. The molecule has 0 atom stereocenters. The third-order valence-corrected chi connectivity index (χ3v) is 5.80. The summed E-state index contributed by atoms with van der Waals surface area (Å²) in [5, 5.41) is 26.3. The minimum Gasteiger partial charge on any atom is -0.507 e. The number of carboxylic acids is 1. The predicted molar refractivity (Wildman–Crippen MR) is 111 cm³/mol. The molecular weight excluding hydrogens is 463 g/mol. The van der Waals surface area contributed by atoms with Crippen molar-refractivity contribution in [3.8, 4) is 5.75 Å². The molecule has 3 N–H and O–H groups in total. The van der Waals surface area contributed by atoms with Crippen LogP contribution in [0.25, 0.3) is 0 Å². The maximum absolute atomic E-state index is 12.6. The molecule has 3 aromatic rings. The zero-order chi connectivity index (χ0) is 24.2. The number of azo groups is 1. The number of carbonyl (C=O) groups is 1. The third-order valence-electron chi connectivity index (χ3n) is 4.39. The van der Waals surface area contributed by atoms with Crippen molar-refractivity contribution in [2.24, 2.45) is 10.2 Å². The molecule has 0 fully saturated rings. The van der Waals surface area contributed by atoms with Gasteiger partial charge < -0.3 is 10.2 Å². The second-order valence-corrected chi connectivity index (χ2v) is 8.49. The summed E-state index contributed by atoms with van der Waals surface area (Å²) >= 11 is 0. The number of rotatable bonds is 7. The van der Waals surface area contributed by atoms with Crippen LogP contribution in [0.2, 0.25) is 0 Å². The van der Waals surface area contributed by atoms with E-state index in [1.807, 2.05) is 0 Å². The van der Waals surface area contributed by atoms with Crippen LogP contribution in [0.15, 0.2) is 81.9 Å². The van der Waals surface area contributed by atoms with Gasteiger partial charge in [0.05, 0.1) is 21.8 Å². The van der Waals surface area contributed by atoms with Crippen LogP contribution < -0.4 is 4.72 Å². The Balaban J connectivity index is 1.67. The second kappa shape index (κ2) is 9.38. The van der Waals surface area contributed by atoms with Gasteiger partial charge in [0.25, 0.3) is 0 Å². The van der Waals surface area contributed by atoms with E-state index in [1.54, 1.807) is 0 Å². The average molecular weight is 479 g/mol. The van der Waals surface area contributed by atoms with E-state index in [-0.39, 0.29) is 28.4 Å². The molecule has 0 saturated heterocycles. The Hall–Kier alpha value is -3.77. The van der Waals surface area contributed by atoms with Crippen LogP contribution in [-0.4, -0.2) is 24.6 Å². The van der Waals surface area contributed by atoms with E-state index < -0.39 is 33.5 Å². The molecule has 0 unspecified atom stereocenters. The van der Waals surface area contributed by atoms with E-state index in [9.17, 15) is 31.5 Å². The Morgan fingerprint density at radius 3 is 2.06 bits per heavy atom. The third kappa shape index (κ3) is 6.14. The van der Waals surface area contributed by atoms with Gasteiger partial charge in [0.15, 0.2) is 0 Å². The van der Waals surface area contributed by atoms with Crippen LogP contribution >= 0.6 is 0 Å². The van der Waals surface area contributed by atoms with Crippen molar-refractivity contribution in [1.82, 2.24) is 4.72 Å². The van der Waals surface area contributed by atoms with Gasteiger partial charge in [0.2, 0.25) is 10.0 Å². The van der Waals surface area contributed by atoms with Crippen LogP contribution in [0, 0.1) is 0 Å². The lowest BCUT2D eigenvalue weighted by Gasteiger charge is -2.09. The molecule has 0 bridgehead atoms. The molecule has 0 radical (unpaired) electrons. The number of halogens is 3. The molecule has 0 amide bonds. The SMILES string of the molecule is O=C(O)c1cc(/N=N/c2ccc(S(=O)(=O)NCc3ccc(C(F)(F)F)cc3)cc2)ccc1O. The monoisotopic (exact) mass is 479 g/mol. The number of carboxylic acid groups (broad SMARTS) is 1. The fourth-order valence-corrected chi connectivity index (χ4v) is 3.66. The van der Waals surface area contributed by atoms with Gasteiger partial charge in [0, 0.05) is 6.54 Å². The molecule has 0 spiro atoms. The number of hydrogen-bond acceptors (Lipinski definition) is 6. The normalized spacial score (nSPS) is 12.2. The Bertz CT molecular complexity index is 1290. The van der Waals surface area contributed by atoms with E-state index in [4.69, 9.17) is 5.11 Å². The van der Waals surface area contributed by atoms with Crippen molar-refractivity contribution in [2.45, 2.75) is 17.6 Å². The fraction of sp³-hybridized carbons (Fsp3) is 0.0952. The smallest absolute Gasteiger partial charge is 0.416 e. The molecule has 12 heteroatoms. The highest BCUT2D eigenvalue weighted by Crippen LogP contribution is 2.29. The highest BCUT2D eigenvalue weighted by Gasteiger charge is 2.30. The van der Waals surface area contributed by atoms with Crippen molar-refractivity contribution < 1.29 is 36.6 Å². The molecule has 3 rings (SSSR count). The Morgan fingerprint density at radius 2 is 1.48 bits per heavy atom. The zero-order valence-corrected chi connectivity index (χ0v) is 17.4. The van der Waals surface area contributed by atoms with Crippen LogP contribution in [0.4, 0.5) is 24.5 Å². The van der Waals surface area contributed by atoms with Gasteiger partial charge in [0.1, 0.15) is 11.3 Å². The predicted octanol–water partition coefficient (Wildman–Crippen LogP) is 5.00. The molecule has 0 aliphatic heterocycles. The zero-order valence-electron chi connectivity index (χ0n) is 16.6. The van der Waals surface area contributed by atoms with Crippen LogP contribution in [0.3, 0.4) is 0 Å². The molecule has 3 aromatic carbocycles. The molecule has 0 aliphatic rings. The summed E-state index contributed by atoms with van der Waals surface area (Å²) in [6, 6.07) is 13.0. The minimum atomic E-state index is -4.47.